The van der Waals surface area contributed by atoms with Crippen LogP contribution in [0.25, 0.3) is 0 Å². The molecule has 0 saturated carbocycles. The summed E-state index contributed by atoms with van der Waals surface area (Å²) in [6.07, 6.45) is 106. The highest BCUT2D eigenvalue weighted by atomic mass is 31.2. The van der Waals surface area contributed by atoms with Crippen molar-refractivity contribution in [3.63, 3.8) is 0 Å². The van der Waals surface area contributed by atoms with Gasteiger partial charge in [0, 0.05) is 0 Å². The molecule has 0 aromatic rings. The van der Waals surface area contributed by atoms with Crippen LogP contribution in [0, 0.1) is 0 Å². The molecular formula is C73H142P2. The van der Waals surface area contributed by atoms with Crippen molar-refractivity contribution in [2.24, 2.45) is 0 Å². The highest BCUT2D eigenvalue weighted by Crippen LogP contribution is 2.53. The van der Waals surface area contributed by atoms with E-state index in [0.717, 1.165) is 0 Å². The first kappa shape index (κ1) is 74.8. The maximum Gasteiger partial charge on any atom is -0.0120 e. The van der Waals surface area contributed by atoms with Crippen LogP contribution in [0.1, 0.15) is 387 Å². The molecule has 444 valence electrons. The Morgan fingerprint density at radius 2 is 0.293 bits per heavy atom. The quantitative estimate of drug-likeness (QED) is 0.0323. The average molecular weight is 1080 g/mol. The fraction of sp³-hybridized carbons (Fsp3) is 0.890. The molecule has 0 amide bonds. The molecule has 0 aliphatic heterocycles. The van der Waals surface area contributed by atoms with E-state index in [1.54, 1.807) is 30.6 Å². The van der Waals surface area contributed by atoms with Crippen LogP contribution in [0.4, 0.5) is 0 Å². The molecular weight excluding hydrogens is 939 g/mol. The zero-order valence-corrected chi connectivity index (χ0v) is 54.4. The van der Waals surface area contributed by atoms with Gasteiger partial charge in [-0.2, -0.15) is 0 Å². The van der Waals surface area contributed by atoms with E-state index in [0.29, 0.717) is 0 Å². The lowest BCUT2D eigenvalue weighted by Crippen LogP contribution is -2.01. The third-order valence-electron chi connectivity index (χ3n) is 16.3. The van der Waals surface area contributed by atoms with Crippen molar-refractivity contribution in [2.45, 2.75) is 387 Å². The second-order valence-corrected chi connectivity index (χ2v) is 29.7. The molecule has 0 aromatic carbocycles. The second-order valence-electron chi connectivity index (χ2n) is 24.1. The summed E-state index contributed by atoms with van der Waals surface area (Å²) < 4.78 is 0. The fourth-order valence-corrected chi connectivity index (χ4v) is 18.8. The van der Waals surface area contributed by atoms with Gasteiger partial charge in [-0.25, -0.2) is 0 Å². The van der Waals surface area contributed by atoms with Gasteiger partial charge in [-0.05, 0) is 159 Å². The molecule has 0 radical (unpaired) electrons. The summed E-state index contributed by atoms with van der Waals surface area (Å²) in [4.78, 5) is 0. The highest BCUT2D eigenvalue weighted by Gasteiger charge is 2.16. The third-order valence-corrected chi connectivity index (χ3v) is 23.3. The maximum atomic E-state index is 2.50. The summed E-state index contributed by atoms with van der Waals surface area (Å²) in [7, 11) is 0.447. The zero-order valence-electron chi connectivity index (χ0n) is 52.6. The molecule has 0 bridgehead atoms. The van der Waals surface area contributed by atoms with Gasteiger partial charge in [0.2, 0.25) is 0 Å². The van der Waals surface area contributed by atoms with E-state index in [2.05, 4.69) is 76.3 Å². The Morgan fingerprint density at radius 1 is 0.160 bits per heavy atom. The van der Waals surface area contributed by atoms with Gasteiger partial charge in [-0.15, -0.1) is 15.8 Å². The highest BCUT2D eigenvalue weighted by molar-refractivity contribution is 7.74. The molecule has 0 rings (SSSR count). The standard InChI is InChI=1S/C73H142P2/c1-5-9-13-17-21-25-29-33-37-41-45-49-53-57-61-65-69-74(70-66-62-58-54-50-46-42-38-34-30-26-22-18-14-10-6-2)73-75(71-67-63-59-55-51-47-43-39-35-31-27-23-19-15-11-7-3)72-68-64-60-56-52-48-44-40-36-32-28-24-20-16-12-8-4/h33-40H,5-32,41-73H2,1-4H3. The molecule has 0 aliphatic carbocycles. The molecule has 0 spiro atoms. The predicted molar refractivity (Wildman–Crippen MR) is 356 cm³/mol. The summed E-state index contributed by atoms with van der Waals surface area (Å²) in [5.74, 6) is 1.68. The maximum absolute atomic E-state index is 2.50. The van der Waals surface area contributed by atoms with Gasteiger partial charge in [-0.1, -0.05) is 307 Å². The van der Waals surface area contributed by atoms with E-state index in [1.165, 1.54) is 360 Å². The first-order valence-corrected chi connectivity index (χ1v) is 39.1. The van der Waals surface area contributed by atoms with Crippen LogP contribution >= 0.6 is 15.8 Å². The van der Waals surface area contributed by atoms with Crippen LogP contribution in [-0.2, 0) is 0 Å². The van der Waals surface area contributed by atoms with E-state index >= 15 is 0 Å². The van der Waals surface area contributed by atoms with Crippen molar-refractivity contribution in [1.82, 2.24) is 0 Å². The van der Waals surface area contributed by atoms with E-state index < -0.39 is 0 Å². The molecule has 0 unspecified atom stereocenters. The molecule has 75 heavy (non-hydrogen) atoms. The van der Waals surface area contributed by atoms with Gasteiger partial charge >= 0.3 is 0 Å². The number of hydrogen-bond acceptors (Lipinski definition) is 0. The Hall–Kier alpha value is -0.180. The van der Waals surface area contributed by atoms with Crippen molar-refractivity contribution in [3.8, 4) is 0 Å². The second kappa shape index (κ2) is 69.9. The third kappa shape index (κ3) is 66.2. The molecule has 0 aromatic heterocycles. The average Bonchev–Trinajstić information content (AvgIpc) is 3.42. The fourth-order valence-electron chi connectivity index (χ4n) is 11.1. The van der Waals surface area contributed by atoms with Crippen molar-refractivity contribution in [1.29, 1.82) is 0 Å². The minimum atomic E-state index is 0.224. The molecule has 0 heterocycles. The molecule has 2 heteroatoms. The minimum Gasteiger partial charge on any atom is -0.102 e. The number of unbranched alkanes of at least 4 members (excludes halogenated alkanes) is 48. The van der Waals surface area contributed by atoms with Crippen LogP contribution in [0.5, 0.6) is 0 Å². The van der Waals surface area contributed by atoms with Crippen LogP contribution in [0.2, 0.25) is 0 Å². The Labute approximate surface area is 479 Å². The van der Waals surface area contributed by atoms with Crippen molar-refractivity contribution >= 4 is 15.8 Å². The minimum absolute atomic E-state index is 0.224. The summed E-state index contributed by atoms with van der Waals surface area (Å²) in [5.41, 5.74) is 0. The summed E-state index contributed by atoms with van der Waals surface area (Å²) in [6.45, 7) is 9.28. The molecule has 0 N–H and O–H groups in total. The Kier molecular flexibility index (Phi) is 69.8. The first-order chi connectivity index (χ1) is 37.3. The number of allylic oxidation sites excluding steroid dienone is 8. The number of hydrogen-bond donors (Lipinski definition) is 0. The van der Waals surface area contributed by atoms with Crippen LogP contribution in [0.3, 0.4) is 0 Å². The summed E-state index contributed by atoms with van der Waals surface area (Å²) >= 11 is 0. The van der Waals surface area contributed by atoms with Gasteiger partial charge < -0.3 is 0 Å². The lowest BCUT2D eigenvalue weighted by molar-refractivity contribution is 0.605. The molecule has 0 saturated heterocycles. The monoisotopic (exact) mass is 1080 g/mol. The first-order valence-electron chi connectivity index (χ1n) is 35.3. The van der Waals surface area contributed by atoms with E-state index in [4.69, 9.17) is 0 Å². The van der Waals surface area contributed by atoms with Gasteiger partial charge in [0.1, 0.15) is 0 Å². The lowest BCUT2D eigenvalue weighted by Gasteiger charge is -2.25. The van der Waals surface area contributed by atoms with E-state index in [1.807, 2.05) is 0 Å². The predicted octanol–water partition coefficient (Wildman–Crippen LogP) is 28.1. The Balaban J connectivity index is 4.99. The topological polar surface area (TPSA) is 0 Å². The number of rotatable bonds is 66. The Bertz CT molecular complexity index is 948. The normalized spacial score (nSPS) is 13.1. The van der Waals surface area contributed by atoms with Gasteiger partial charge in [0.05, 0.1) is 0 Å². The van der Waals surface area contributed by atoms with Crippen LogP contribution in [-0.4, -0.2) is 30.6 Å². The molecule has 0 nitrogen and oxygen atoms in total. The van der Waals surface area contributed by atoms with Crippen molar-refractivity contribution in [3.05, 3.63) is 48.6 Å². The van der Waals surface area contributed by atoms with Crippen molar-refractivity contribution < 1.29 is 0 Å². The smallest absolute Gasteiger partial charge is 0.0120 e. The molecule has 0 atom stereocenters. The summed E-state index contributed by atoms with van der Waals surface area (Å²) in [5, 5.41) is 0. The molecule has 0 fully saturated rings. The zero-order chi connectivity index (χ0) is 53.9. The Morgan fingerprint density at radius 3 is 0.453 bits per heavy atom. The largest absolute Gasteiger partial charge is 0.102 e. The van der Waals surface area contributed by atoms with Crippen LogP contribution < -0.4 is 0 Å². The SMILES string of the molecule is CCCCCCCCC=CCCCCCCCCP(CCCCCCCCC=CCCCCCCCC)CP(CCCCCCCCC=CCCCCCCCC)CCCCCCCCC=CCCCCCCCC. The summed E-state index contributed by atoms with van der Waals surface area (Å²) in [6, 6.07) is 0. The van der Waals surface area contributed by atoms with E-state index in [-0.39, 0.29) is 15.8 Å². The lowest BCUT2D eigenvalue weighted by atomic mass is 10.1. The molecule has 0 aliphatic rings. The van der Waals surface area contributed by atoms with E-state index in [9.17, 15) is 0 Å². The van der Waals surface area contributed by atoms with Crippen molar-refractivity contribution in [2.75, 3.05) is 30.6 Å². The van der Waals surface area contributed by atoms with Gasteiger partial charge in [-0.3, -0.25) is 0 Å². The van der Waals surface area contributed by atoms with Gasteiger partial charge in [0.25, 0.3) is 0 Å². The van der Waals surface area contributed by atoms with Gasteiger partial charge in [0.15, 0.2) is 0 Å². The van der Waals surface area contributed by atoms with Crippen LogP contribution in [0.15, 0.2) is 48.6 Å².